The molecule has 7 nitrogen and oxygen atoms in total. The fourth-order valence-electron chi connectivity index (χ4n) is 4.44. The third kappa shape index (κ3) is 3.66. The molecular weight excluding hydrogens is 342 g/mol. The largest absolute Gasteiger partial charge is 0.395 e. The van der Waals surface area contributed by atoms with Crippen LogP contribution in [0.5, 0.6) is 0 Å². The maximum absolute atomic E-state index is 13.0. The summed E-state index contributed by atoms with van der Waals surface area (Å²) in [7, 11) is 2.04. The molecule has 0 saturated carbocycles. The number of benzene rings is 1. The van der Waals surface area contributed by atoms with Crippen molar-refractivity contribution in [2.24, 2.45) is 7.05 Å². The molecule has 0 radical (unpaired) electrons. The van der Waals surface area contributed by atoms with Gasteiger partial charge in [-0.15, -0.1) is 0 Å². The topological polar surface area (TPSA) is 73.6 Å². The van der Waals surface area contributed by atoms with Gasteiger partial charge < -0.3 is 24.8 Å². The van der Waals surface area contributed by atoms with E-state index in [1.54, 1.807) is 0 Å². The highest BCUT2D eigenvalue weighted by Gasteiger charge is 2.34. The van der Waals surface area contributed by atoms with Crippen LogP contribution in [0.25, 0.3) is 11.0 Å². The molecule has 1 aromatic heterocycles. The maximum Gasteiger partial charge on any atom is 0.318 e. The fraction of sp³-hybridized carbons (Fsp3) is 0.600. The number of nitrogens with one attached hydrogen (secondary N) is 1. The Labute approximate surface area is 160 Å². The van der Waals surface area contributed by atoms with Crippen LogP contribution in [0.15, 0.2) is 24.3 Å². The lowest BCUT2D eigenvalue weighted by atomic mass is 10.1. The number of nitrogens with zero attached hydrogens (tertiary/aromatic N) is 4. The zero-order valence-electron chi connectivity index (χ0n) is 16.0. The molecule has 2 aliphatic heterocycles. The number of β-amino-alcohol motifs (C(OH)–C–C–N with tert-alkyl or cyclic N) is 1. The number of aliphatic hydroxyl groups is 1. The Hall–Kier alpha value is -2.12. The summed E-state index contributed by atoms with van der Waals surface area (Å²) in [6, 6.07) is 8.41. The smallest absolute Gasteiger partial charge is 0.318 e. The zero-order valence-corrected chi connectivity index (χ0v) is 16.0. The number of hydrogen-bond acceptors (Lipinski definition) is 4. The minimum absolute atomic E-state index is 0.0326. The third-order valence-corrected chi connectivity index (χ3v) is 5.96. The molecule has 2 saturated heterocycles. The van der Waals surface area contributed by atoms with E-state index in [9.17, 15) is 4.79 Å². The fourth-order valence-corrected chi connectivity index (χ4v) is 4.44. The van der Waals surface area contributed by atoms with Crippen LogP contribution in [-0.2, 0) is 7.05 Å². The highest BCUT2D eigenvalue weighted by atomic mass is 16.3. The summed E-state index contributed by atoms with van der Waals surface area (Å²) in [5, 5.41) is 12.3. The van der Waals surface area contributed by atoms with Crippen molar-refractivity contribution in [1.29, 1.82) is 0 Å². The highest BCUT2D eigenvalue weighted by molar-refractivity contribution is 5.77. The number of fused-ring (bicyclic) bond motifs is 1. The van der Waals surface area contributed by atoms with E-state index in [1.807, 2.05) is 30.1 Å². The van der Waals surface area contributed by atoms with Crippen LogP contribution in [0.3, 0.4) is 0 Å². The van der Waals surface area contributed by atoms with Crippen molar-refractivity contribution in [1.82, 2.24) is 24.7 Å². The zero-order chi connectivity index (χ0) is 18.8. The van der Waals surface area contributed by atoms with E-state index in [-0.39, 0.29) is 24.7 Å². The number of imidazole rings is 1. The molecule has 0 spiro atoms. The number of urea groups is 1. The molecule has 1 unspecified atom stereocenters. The van der Waals surface area contributed by atoms with Crippen molar-refractivity contribution in [2.75, 3.05) is 32.8 Å². The van der Waals surface area contributed by atoms with Gasteiger partial charge in [0, 0.05) is 39.3 Å². The summed E-state index contributed by atoms with van der Waals surface area (Å²) in [6.07, 6.45) is 3.85. The van der Waals surface area contributed by atoms with Gasteiger partial charge in [0.25, 0.3) is 0 Å². The number of amides is 2. The number of aromatic nitrogens is 2. The van der Waals surface area contributed by atoms with Gasteiger partial charge in [0.15, 0.2) is 0 Å². The number of likely N-dealkylation sites (tertiary alicyclic amines) is 2. The van der Waals surface area contributed by atoms with Crippen LogP contribution in [-0.4, -0.2) is 69.3 Å². The van der Waals surface area contributed by atoms with Gasteiger partial charge in [-0.3, -0.25) is 0 Å². The Morgan fingerprint density at radius 3 is 2.74 bits per heavy atom. The van der Waals surface area contributed by atoms with E-state index >= 15 is 0 Å². The first-order valence-corrected chi connectivity index (χ1v) is 9.99. The molecule has 2 fully saturated rings. The average Bonchev–Trinajstić information content (AvgIpc) is 3.29. The van der Waals surface area contributed by atoms with Gasteiger partial charge in [-0.05, 0) is 37.8 Å². The lowest BCUT2D eigenvalue weighted by Gasteiger charge is -2.33. The van der Waals surface area contributed by atoms with E-state index in [0.29, 0.717) is 0 Å². The van der Waals surface area contributed by atoms with Gasteiger partial charge in [0.05, 0.1) is 23.7 Å². The van der Waals surface area contributed by atoms with Crippen molar-refractivity contribution in [2.45, 2.75) is 37.8 Å². The number of piperidine rings is 1. The predicted octanol–water partition coefficient (Wildman–Crippen LogP) is 1.88. The van der Waals surface area contributed by atoms with Gasteiger partial charge in [0.1, 0.15) is 5.82 Å². The SMILES string of the molecule is Cn1c(C2CCCN2C(=O)NC2CCN(CCO)CC2)nc2ccccc21. The maximum atomic E-state index is 13.0. The van der Waals surface area contributed by atoms with E-state index in [4.69, 9.17) is 10.1 Å². The second-order valence-electron chi connectivity index (χ2n) is 7.66. The Bertz CT molecular complexity index is 797. The van der Waals surface area contributed by atoms with Crippen LogP contribution in [0, 0.1) is 0 Å². The summed E-state index contributed by atoms with van der Waals surface area (Å²) in [4.78, 5) is 22.0. The second kappa shape index (κ2) is 7.86. The number of rotatable bonds is 4. The van der Waals surface area contributed by atoms with Gasteiger partial charge in [0.2, 0.25) is 0 Å². The van der Waals surface area contributed by atoms with Crippen LogP contribution >= 0.6 is 0 Å². The summed E-state index contributed by atoms with van der Waals surface area (Å²) in [6.45, 7) is 3.56. The van der Waals surface area contributed by atoms with E-state index in [1.165, 1.54) is 0 Å². The van der Waals surface area contributed by atoms with Crippen LogP contribution in [0.1, 0.15) is 37.5 Å². The average molecular weight is 371 g/mol. The molecule has 1 aromatic carbocycles. The Kier molecular flexibility index (Phi) is 5.31. The molecule has 0 bridgehead atoms. The summed E-state index contributed by atoms with van der Waals surface area (Å²) >= 11 is 0. The first-order chi connectivity index (χ1) is 13.2. The van der Waals surface area contributed by atoms with Crippen molar-refractivity contribution in [3.8, 4) is 0 Å². The third-order valence-electron chi connectivity index (χ3n) is 5.96. The van der Waals surface area contributed by atoms with Crippen LogP contribution < -0.4 is 5.32 Å². The minimum atomic E-state index is 0.0326. The molecule has 1 atom stereocenters. The second-order valence-corrected chi connectivity index (χ2v) is 7.66. The van der Waals surface area contributed by atoms with Crippen LogP contribution in [0.4, 0.5) is 4.79 Å². The molecule has 0 aliphatic carbocycles. The Morgan fingerprint density at radius 2 is 2.00 bits per heavy atom. The molecular formula is C20H29N5O2. The van der Waals surface area contributed by atoms with E-state index in [2.05, 4.69) is 20.9 Å². The molecule has 4 rings (SSSR count). The van der Waals surface area contributed by atoms with Gasteiger partial charge in [-0.2, -0.15) is 0 Å². The number of para-hydroxylation sites is 2. The summed E-state index contributed by atoms with van der Waals surface area (Å²) in [5.41, 5.74) is 2.09. The van der Waals surface area contributed by atoms with Gasteiger partial charge in [-0.1, -0.05) is 12.1 Å². The lowest BCUT2D eigenvalue weighted by Crippen LogP contribution is -2.49. The molecule has 2 aliphatic rings. The first kappa shape index (κ1) is 18.3. The molecule has 2 N–H and O–H groups in total. The molecule has 27 heavy (non-hydrogen) atoms. The standard InChI is InChI=1S/C20H29N5O2/c1-23-17-6-3-2-5-16(17)22-19(23)18-7-4-10-25(18)20(27)21-15-8-11-24(12-9-15)13-14-26/h2-3,5-6,15,18,26H,4,7-14H2,1H3,(H,21,27). The van der Waals surface area contributed by atoms with Crippen molar-refractivity contribution in [3.05, 3.63) is 30.1 Å². The van der Waals surface area contributed by atoms with Crippen LogP contribution in [0.2, 0.25) is 0 Å². The number of carbonyl (C=O) groups excluding carboxylic acids is 1. The monoisotopic (exact) mass is 371 g/mol. The number of carbonyl (C=O) groups is 1. The summed E-state index contributed by atoms with van der Waals surface area (Å²) < 4.78 is 2.12. The van der Waals surface area contributed by atoms with Crippen molar-refractivity contribution in [3.63, 3.8) is 0 Å². The van der Waals surface area contributed by atoms with E-state index < -0.39 is 0 Å². The Balaban J connectivity index is 1.43. The number of aryl methyl sites for hydroxylation is 1. The first-order valence-electron chi connectivity index (χ1n) is 9.99. The molecule has 2 amide bonds. The molecule has 146 valence electrons. The lowest BCUT2D eigenvalue weighted by molar-refractivity contribution is 0.148. The highest BCUT2D eigenvalue weighted by Crippen LogP contribution is 2.33. The normalized spacial score (nSPS) is 21.9. The van der Waals surface area contributed by atoms with E-state index in [0.717, 1.165) is 68.7 Å². The molecule has 3 heterocycles. The predicted molar refractivity (Wildman–Crippen MR) is 104 cm³/mol. The molecule has 2 aromatic rings. The minimum Gasteiger partial charge on any atom is -0.395 e. The number of hydrogen-bond donors (Lipinski definition) is 2. The summed E-state index contributed by atoms with van der Waals surface area (Å²) in [5.74, 6) is 0.974. The number of aliphatic hydroxyl groups excluding tert-OH is 1. The van der Waals surface area contributed by atoms with Gasteiger partial charge in [-0.25, -0.2) is 9.78 Å². The van der Waals surface area contributed by atoms with Crippen molar-refractivity contribution < 1.29 is 9.90 Å². The molecule has 7 heteroatoms. The van der Waals surface area contributed by atoms with Crippen molar-refractivity contribution >= 4 is 17.1 Å². The quantitative estimate of drug-likeness (QED) is 0.861. The van der Waals surface area contributed by atoms with Gasteiger partial charge >= 0.3 is 6.03 Å². The Morgan fingerprint density at radius 1 is 1.22 bits per heavy atom.